The molecule has 0 aliphatic heterocycles. The number of rotatable bonds is 9. The zero-order chi connectivity index (χ0) is 21.1. The molecule has 0 spiro atoms. The Morgan fingerprint density at radius 2 is 1.31 bits per heavy atom. The van der Waals surface area contributed by atoms with E-state index in [0.29, 0.717) is 22.6 Å². The molecular weight excluding hydrogens is 372 g/mol. The van der Waals surface area contributed by atoms with Crippen LogP contribution in [-0.2, 0) is 9.59 Å². The lowest BCUT2D eigenvalue weighted by molar-refractivity contribution is -0.125. The van der Waals surface area contributed by atoms with Gasteiger partial charge in [0.1, 0.15) is 11.5 Å². The molecule has 1 atom stereocenters. The average Bonchev–Trinajstić information content (AvgIpc) is 2.75. The Balaban J connectivity index is 1.63. The lowest BCUT2D eigenvalue weighted by Gasteiger charge is -2.15. The third-order valence-electron chi connectivity index (χ3n) is 3.72. The Bertz CT molecular complexity index is 912. The second kappa shape index (κ2) is 11.0. The van der Waals surface area contributed by atoms with Crippen molar-refractivity contribution in [3.63, 3.8) is 0 Å². The van der Waals surface area contributed by atoms with Gasteiger partial charge in [-0.15, -0.1) is 0 Å². The Morgan fingerprint density at radius 1 is 0.862 bits per heavy atom. The first kappa shape index (κ1) is 21.3. The minimum Gasteiger partial charge on any atom is -0.484 e. The van der Waals surface area contributed by atoms with Crippen molar-refractivity contribution in [2.75, 3.05) is 19.8 Å². The van der Waals surface area contributed by atoms with Crippen molar-refractivity contribution in [2.24, 2.45) is 0 Å². The van der Waals surface area contributed by atoms with Crippen LogP contribution in [0.2, 0.25) is 0 Å². The average molecular weight is 392 g/mol. The number of benzene rings is 2. The first-order valence-electron chi connectivity index (χ1n) is 8.82. The van der Waals surface area contributed by atoms with Gasteiger partial charge in [0, 0.05) is 12.6 Å². The third kappa shape index (κ3) is 7.61. The maximum absolute atomic E-state index is 11.9. The van der Waals surface area contributed by atoms with Gasteiger partial charge in [0.25, 0.3) is 11.8 Å². The fourth-order valence-electron chi connectivity index (χ4n) is 2.23. The van der Waals surface area contributed by atoms with E-state index in [1.807, 2.05) is 12.1 Å². The number of nitrogens with one attached hydrogen (secondary N) is 2. The van der Waals surface area contributed by atoms with Gasteiger partial charge in [-0.3, -0.25) is 9.59 Å². The summed E-state index contributed by atoms with van der Waals surface area (Å²) in [5, 5.41) is 22.9. The molecule has 2 rings (SSSR count). The summed E-state index contributed by atoms with van der Waals surface area (Å²) in [6, 6.07) is 16.6. The fraction of sp³-hybridized carbons (Fsp3) is 0.238. The van der Waals surface area contributed by atoms with Gasteiger partial charge in [0.2, 0.25) is 0 Å². The summed E-state index contributed by atoms with van der Waals surface area (Å²) in [6.45, 7) is 1.64. The van der Waals surface area contributed by atoms with Gasteiger partial charge in [-0.05, 0) is 55.5 Å². The molecule has 0 aliphatic carbocycles. The van der Waals surface area contributed by atoms with Crippen LogP contribution in [0, 0.1) is 22.7 Å². The van der Waals surface area contributed by atoms with Crippen LogP contribution in [0.1, 0.15) is 18.1 Å². The van der Waals surface area contributed by atoms with Crippen molar-refractivity contribution in [1.82, 2.24) is 10.6 Å². The van der Waals surface area contributed by atoms with Gasteiger partial charge in [0.05, 0.1) is 23.3 Å². The monoisotopic (exact) mass is 392 g/mol. The van der Waals surface area contributed by atoms with Crippen molar-refractivity contribution in [3.05, 3.63) is 59.7 Å². The van der Waals surface area contributed by atoms with Gasteiger partial charge in [-0.2, -0.15) is 10.5 Å². The highest BCUT2D eigenvalue weighted by molar-refractivity contribution is 5.79. The number of carbonyl (C=O) groups excluding carboxylic acids is 2. The summed E-state index contributed by atoms with van der Waals surface area (Å²) in [5.74, 6) is 0.315. The molecule has 29 heavy (non-hydrogen) atoms. The second-order valence-corrected chi connectivity index (χ2v) is 6.12. The zero-order valence-electron chi connectivity index (χ0n) is 15.8. The Labute approximate surface area is 168 Å². The molecule has 148 valence electrons. The Kier molecular flexibility index (Phi) is 8.03. The van der Waals surface area contributed by atoms with Crippen LogP contribution in [0.4, 0.5) is 0 Å². The molecule has 8 nitrogen and oxygen atoms in total. The molecule has 0 heterocycles. The Morgan fingerprint density at radius 3 is 1.76 bits per heavy atom. The molecular formula is C21H20N4O4. The minimum atomic E-state index is -0.329. The molecule has 0 fully saturated rings. The van der Waals surface area contributed by atoms with Crippen LogP contribution in [0.25, 0.3) is 0 Å². The van der Waals surface area contributed by atoms with Crippen molar-refractivity contribution in [2.45, 2.75) is 13.0 Å². The maximum atomic E-state index is 11.9. The number of nitriles is 2. The first-order chi connectivity index (χ1) is 14.0. The van der Waals surface area contributed by atoms with Crippen LogP contribution in [0.3, 0.4) is 0 Å². The predicted molar refractivity (Wildman–Crippen MR) is 104 cm³/mol. The van der Waals surface area contributed by atoms with Crippen LogP contribution < -0.4 is 20.1 Å². The van der Waals surface area contributed by atoms with E-state index in [1.165, 1.54) is 0 Å². The van der Waals surface area contributed by atoms with E-state index in [4.69, 9.17) is 20.0 Å². The highest BCUT2D eigenvalue weighted by Gasteiger charge is 2.10. The SMILES string of the molecule is CC(CNC(=O)COc1ccc(C#N)cc1)NC(=O)COc1ccc(C#N)cc1. The van der Waals surface area contributed by atoms with E-state index >= 15 is 0 Å². The lowest BCUT2D eigenvalue weighted by atomic mass is 10.2. The Hall–Kier alpha value is -4.04. The topological polar surface area (TPSA) is 124 Å². The molecule has 0 aliphatic rings. The number of carbonyl (C=O) groups is 2. The number of ether oxygens (including phenoxy) is 2. The summed E-state index contributed by atoms with van der Waals surface area (Å²) in [6.07, 6.45) is 0. The van der Waals surface area contributed by atoms with E-state index in [2.05, 4.69) is 10.6 Å². The van der Waals surface area contributed by atoms with E-state index in [9.17, 15) is 9.59 Å². The van der Waals surface area contributed by atoms with Crippen LogP contribution in [0.5, 0.6) is 11.5 Å². The van der Waals surface area contributed by atoms with E-state index < -0.39 is 0 Å². The molecule has 2 N–H and O–H groups in total. The minimum absolute atomic E-state index is 0.172. The van der Waals surface area contributed by atoms with Crippen LogP contribution in [-0.4, -0.2) is 37.6 Å². The van der Waals surface area contributed by atoms with E-state index in [0.717, 1.165) is 0 Å². The van der Waals surface area contributed by atoms with Gasteiger partial charge >= 0.3 is 0 Å². The molecule has 0 bridgehead atoms. The van der Waals surface area contributed by atoms with Gasteiger partial charge in [-0.1, -0.05) is 0 Å². The van der Waals surface area contributed by atoms with Crippen LogP contribution >= 0.6 is 0 Å². The smallest absolute Gasteiger partial charge is 0.258 e. The summed E-state index contributed by atoms with van der Waals surface area (Å²) < 4.78 is 10.7. The lowest BCUT2D eigenvalue weighted by Crippen LogP contribution is -2.44. The first-order valence-corrected chi connectivity index (χ1v) is 8.82. The normalized spacial score (nSPS) is 10.7. The number of amides is 2. The molecule has 2 aromatic carbocycles. The third-order valence-corrected chi connectivity index (χ3v) is 3.72. The van der Waals surface area contributed by atoms with Gasteiger partial charge < -0.3 is 20.1 Å². The molecule has 2 aromatic rings. The van der Waals surface area contributed by atoms with E-state index in [-0.39, 0.29) is 37.6 Å². The second-order valence-electron chi connectivity index (χ2n) is 6.12. The quantitative estimate of drug-likeness (QED) is 0.666. The van der Waals surface area contributed by atoms with Crippen molar-refractivity contribution < 1.29 is 19.1 Å². The largest absolute Gasteiger partial charge is 0.484 e. The molecule has 0 aromatic heterocycles. The van der Waals surface area contributed by atoms with Crippen molar-refractivity contribution in [3.8, 4) is 23.6 Å². The summed E-state index contributed by atoms with van der Waals surface area (Å²) >= 11 is 0. The highest BCUT2D eigenvalue weighted by Crippen LogP contribution is 2.12. The molecule has 1 unspecified atom stereocenters. The fourth-order valence-corrected chi connectivity index (χ4v) is 2.23. The summed E-state index contributed by atoms with van der Waals surface area (Å²) in [4.78, 5) is 23.8. The highest BCUT2D eigenvalue weighted by atomic mass is 16.5. The predicted octanol–water partition coefficient (Wildman–Crippen LogP) is 1.51. The van der Waals surface area contributed by atoms with Gasteiger partial charge in [-0.25, -0.2) is 0 Å². The number of nitrogens with zero attached hydrogens (tertiary/aromatic N) is 2. The molecule has 0 radical (unpaired) electrons. The molecule has 8 heteroatoms. The van der Waals surface area contributed by atoms with Crippen molar-refractivity contribution >= 4 is 11.8 Å². The number of hydrogen-bond acceptors (Lipinski definition) is 6. The molecule has 0 saturated carbocycles. The summed E-state index contributed by atoms with van der Waals surface area (Å²) in [7, 11) is 0. The summed E-state index contributed by atoms with van der Waals surface area (Å²) in [5.41, 5.74) is 1.02. The molecule has 0 saturated heterocycles. The van der Waals surface area contributed by atoms with E-state index in [1.54, 1.807) is 55.5 Å². The van der Waals surface area contributed by atoms with Gasteiger partial charge in [0.15, 0.2) is 13.2 Å². The molecule has 2 amide bonds. The van der Waals surface area contributed by atoms with Crippen LogP contribution in [0.15, 0.2) is 48.5 Å². The zero-order valence-corrected chi connectivity index (χ0v) is 15.8. The van der Waals surface area contributed by atoms with Crippen molar-refractivity contribution in [1.29, 1.82) is 10.5 Å². The number of hydrogen-bond donors (Lipinski definition) is 2. The standard InChI is InChI=1S/C21H20N4O4/c1-15(25-21(27)14-29-19-8-4-17(11-23)5-9-19)12-24-20(26)13-28-18-6-2-16(10-22)3-7-18/h2-9,15H,12-14H2,1H3,(H,24,26)(H,25,27). The maximum Gasteiger partial charge on any atom is 0.258 e.